The van der Waals surface area contributed by atoms with Gasteiger partial charge in [0.25, 0.3) is 0 Å². The van der Waals surface area contributed by atoms with E-state index in [0.717, 1.165) is 11.1 Å². The molecular weight excluding hydrogens is 325 g/mol. The van der Waals surface area contributed by atoms with E-state index in [4.69, 9.17) is 4.74 Å². The van der Waals surface area contributed by atoms with Crippen LogP contribution in [0.5, 0.6) is 0 Å². The monoisotopic (exact) mass is 349 g/mol. The van der Waals surface area contributed by atoms with Crippen molar-refractivity contribution in [3.8, 4) is 0 Å². The van der Waals surface area contributed by atoms with Crippen LogP contribution < -0.4 is 5.32 Å². The fourth-order valence-corrected chi connectivity index (χ4v) is 4.58. The molecule has 3 aliphatic rings. The molecule has 0 aromatic heterocycles. The van der Waals surface area contributed by atoms with Crippen molar-refractivity contribution in [3.63, 3.8) is 0 Å². The molecule has 1 amide bonds. The number of amides is 1. The molecular formula is C19H24FNO4. The molecule has 6 heteroatoms. The van der Waals surface area contributed by atoms with Crippen LogP contribution >= 0.6 is 0 Å². The van der Waals surface area contributed by atoms with Gasteiger partial charge >= 0.3 is 12.1 Å². The molecule has 1 atom stereocenters. The summed E-state index contributed by atoms with van der Waals surface area (Å²) < 4.78 is 18.5. The summed E-state index contributed by atoms with van der Waals surface area (Å²) in [6, 6.07) is 3.79. The zero-order chi connectivity index (χ0) is 18.6. The molecule has 4 rings (SSSR count). The number of nitrogens with one attached hydrogen (secondary N) is 1. The summed E-state index contributed by atoms with van der Waals surface area (Å²) in [6.07, 6.45) is 1.33. The van der Waals surface area contributed by atoms with Crippen LogP contribution in [0.15, 0.2) is 18.2 Å². The molecule has 0 saturated heterocycles. The van der Waals surface area contributed by atoms with Crippen LogP contribution in [0.25, 0.3) is 0 Å². The number of aryl methyl sites for hydroxylation is 1. The van der Waals surface area contributed by atoms with Crippen molar-refractivity contribution in [3.05, 3.63) is 35.1 Å². The maximum absolute atomic E-state index is 13.3. The van der Waals surface area contributed by atoms with E-state index in [0.29, 0.717) is 19.3 Å². The first kappa shape index (κ1) is 17.7. The van der Waals surface area contributed by atoms with Crippen LogP contribution in [0.1, 0.15) is 51.2 Å². The van der Waals surface area contributed by atoms with Gasteiger partial charge < -0.3 is 15.2 Å². The Bertz CT molecular complexity index is 718. The first-order chi connectivity index (χ1) is 11.5. The van der Waals surface area contributed by atoms with Crippen LogP contribution in [-0.4, -0.2) is 28.8 Å². The van der Waals surface area contributed by atoms with Gasteiger partial charge in [0.05, 0.1) is 0 Å². The van der Waals surface area contributed by atoms with E-state index in [1.807, 2.05) is 6.92 Å². The highest BCUT2D eigenvalue weighted by molar-refractivity contribution is 5.82. The molecule has 0 aliphatic heterocycles. The average Bonchev–Trinajstić information content (AvgIpc) is 2.34. The molecule has 1 aromatic carbocycles. The Morgan fingerprint density at radius 2 is 1.88 bits per heavy atom. The van der Waals surface area contributed by atoms with Crippen molar-refractivity contribution in [1.82, 2.24) is 5.32 Å². The number of carbonyl (C=O) groups is 2. The van der Waals surface area contributed by atoms with Crippen LogP contribution in [0.3, 0.4) is 0 Å². The molecule has 1 unspecified atom stereocenters. The molecule has 5 nitrogen and oxygen atoms in total. The van der Waals surface area contributed by atoms with Crippen molar-refractivity contribution in [2.75, 3.05) is 0 Å². The third kappa shape index (κ3) is 2.98. The van der Waals surface area contributed by atoms with Crippen molar-refractivity contribution in [2.24, 2.45) is 5.41 Å². The smallest absolute Gasteiger partial charge is 0.408 e. The molecule has 0 heterocycles. The zero-order valence-corrected chi connectivity index (χ0v) is 15.0. The second kappa shape index (κ2) is 5.44. The summed E-state index contributed by atoms with van der Waals surface area (Å²) >= 11 is 0. The van der Waals surface area contributed by atoms with Gasteiger partial charge in [0, 0.05) is 5.41 Å². The van der Waals surface area contributed by atoms with E-state index in [1.54, 1.807) is 26.8 Å². The predicted molar refractivity (Wildman–Crippen MR) is 89.9 cm³/mol. The lowest BCUT2D eigenvalue weighted by Crippen LogP contribution is -2.73. The van der Waals surface area contributed by atoms with E-state index in [2.05, 4.69) is 5.32 Å². The minimum absolute atomic E-state index is 0.0822. The number of hydrogen-bond acceptors (Lipinski definition) is 3. The Balaban J connectivity index is 1.71. The van der Waals surface area contributed by atoms with Crippen molar-refractivity contribution in [1.29, 1.82) is 0 Å². The largest absolute Gasteiger partial charge is 0.480 e. The molecule has 1 aromatic rings. The number of rotatable bonds is 4. The molecule has 2 bridgehead atoms. The summed E-state index contributed by atoms with van der Waals surface area (Å²) in [5.74, 6) is -1.31. The molecule has 3 saturated carbocycles. The van der Waals surface area contributed by atoms with Crippen molar-refractivity contribution < 1.29 is 23.8 Å². The first-order valence-electron chi connectivity index (χ1n) is 8.45. The quantitative estimate of drug-likeness (QED) is 0.872. The van der Waals surface area contributed by atoms with Crippen molar-refractivity contribution >= 4 is 12.1 Å². The number of hydrogen-bond donors (Lipinski definition) is 2. The topological polar surface area (TPSA) is 75.6 Å². The second-order valence-electron chi connectivity index (χ2n) is 8.55. The highest BCUT2D eigenvalue weighted by Gasteiger charge is 2.72. The number of carboxylic acid groups (broad SMARTS) is 1. The third-order valence-electron chi connectivity index (χ3n) is 5.35. The number of alkyl carbamates (subject to hydrolysis) is 1. The zero-order valence-electron chi connectivity index (χ0n) is 15.0. The summed E-state index contributed by atoms with van der Waals surface area (Å²) in [7, 11) is 0. The van der Waals surface area contributed by atoms with Crippen LogP contribution in [0.4, 0.5) is 9.18 Å². The maximum Gasteiger partial charge on any atom is 0.408 e. The highest BCUT2D eigenvalue weighted by atomic mass is 19.1. The first-order valence-corrected chi connectivity index (χ1v) is 8.45. The van der Waals surface area contributed by atoms with E-state index >= 15 is 0 Å². The van der Waals surface area contributed by atoms with Crippen LogP contribution in [-0.2, 0) is 14.9 Å². The number of benzene rings is 1. The van der Waals surface area contributed by atoms with Gasteiger partial charge in [0.2, 0.25) is 0 Å². The number of ether oxygens (including phenoxy) is 1. The predicted octanol–water partition coefficient (Wildman–Crippen LogP) is 3.53. The Hall–Kier alpha value is -2.11. The lowest BCUT2D eigenvalue weighted by atomic mass is 9.31. The summed E-state index contributed by atoms with van der Waals surface area (Å²) in [6.45, 7) is 7.07. The molecule has 0 spiro atoms. The standard InChI is InChI=1S/C19H24FNO4/c1-11-7-12(20)5-6-13(11)18-8-19(9-18,10-18)14(15(22)23)21-16(24)25-17(2,3)4/h5-7,14H,8-10H2,1-4H3,(H,21,24)(H,22,23). The summed E-state index contributed by atoms with van der Waals surface area (Å²) in [5, 5.41) is 12.1. The Morgan fingerprint density at radius 3 is 2.36 bits per heavy atom. The van der Waals surface area contributed by atoms with E-state index < -0.39 is 29.1 Å². The number of carbonyl (C=O) groups excluding carboxylic acids is 1. The normalized spacial score (nSPS) is 28.4. The van der Waals surface area contributed by atoms with Gasteiger partial charge in [-0.2, -0.15) is 0 Å². The lowest BCUT2D eigenvalue weighted by molar-refractivity contribution is -0.183. The Morgan fingerprint density at radius 1 is 1.28 bits per heavy atom. The number of aliphatic carboxylic acids is 1. The average molecular weight is 349 g/mol. The Labute approximate surface area is 146 Å². The SMILES string of the molecule is Cc1cc(F)ccc1C12CC(C(NC(=O)OC(C)(C)C)C(=O)O)(C1)C2. The van der Waals surface area contributed by atoms with E-state index in [9.17, 15) is 19.1 Å². The highest BCUT2D eigenvalue weighted by Crippen LogP contribution is 2.75. The van der Waals surface area contributed by atoms with Crippen LogP contribution in [0.2, 0.25) is 0 Å². The summed E-state index contributed by atoms with van der Waals surface area (Å²) in [4.78, 5) is 23.7. The molecule has 2 N–H and O–H groups in total. The van der Waals surface area contributed by atoms with Crippen molar-refractivity contribution in [2.45, 2.75) is 64.0 Å². The van der Waals surface area contributed by atoms with Gasteiger partial charge in [-0.25, -0.2) is 14.0 Å². The molecule has 3 fully saturated rings. The van der Waals surface area contributed by atoms with Gasteiger partial charge in [-0.1, -0.05) is 6.07 Å². The van der Waals surface area contributed by atoms with Crippen LogP contribution in [0, 0.1) is 18.2 Å². The molecule has 0 radical (unpaired) electrons. The minimum atomic E-state index is -1.05. The fourth-order valence-electron chi connectivity index (χ4n) is 4.58. The third-order valence-corrected chi connectivity index (χ3v) is 5.35. The van der Waals surface area contributed by atoms with E-state index in [-0.39, 0.29) is 11.2 Å². The van der Waals surface area contributed by atoms with Gasteiger partial charge in [-0.15, -0.1) is 0 Å². The fraction of sp³-hybridized carbons (Fsp3) is 0.579. The summed E-state index contributed by atoms with van der Waals surface area (Å²) in [5.41, 5.74) is 0.765. The molecule has 136 valence electrons. The molecule has 3 aliphatic carbocycles. The lowest BCUT2D eigenvalue weighted by Gasteiger charge is -2.72. The Kier molecular flexibility index (Phi) is 3.86. The van der Waals surface area contributed by atoms with Gasteiger partial charge in [0.1, 0.15) is 17.5 Å². The number of carboxylic acids is 1. The minimum Gasteiger partial charge on any atom is -0.480 e. The van der Waals surface area contributed by atoms with Gasteiger partial charge in [-0.3, -0.25) is 0 Å². The van der Waals surface area contributed by atoms with Gasteiger partial charge in [-0.05, 0) is 75.6 Å². The second-order valence-corrected chi connectivity index (χ2v) is 8.55. The molecule has 25 heavy (non-hydrogen) atoms. The van der Waals surface area contributed by atoms with Gasteiger partial charge in [0.15, 0.2) is 0 Å². The number of halogens is 1. The van der Waals surface area contributed by atoms with E-state index in [1.165, 1.54) is 12.1 Å². The maximum atomic E-state index is 13.3.